The maximum Gasteiger partial charge on any atom is 0.250 e. The smallest absolute Gasteiger partial charge is 0.250 e. The van der Waals surface area contributed by atoms with Gasteiger partial charge in [0.15, 0.2) is 5.16 Å². The fraction of sp³-hybridized carbons (Fsp3) is 0.167. The van der Waals surface area contributed by atoms with E-state index in [1.807, 2.05) is 6.26 Å². The number of nitrogen functional groups attached to an aromatic ring is 1. The normalized spacial score (nSPS) is 10.4. The van der Waals surface area contributed by atoms with Crippen LogP contribution in [0.4, 0.5) is 5.82 Å². The van der Waals surface area contributed by atoms with Gasteiger partial charge in [0, 0.05) is 18.0 Å². The molecule has 2 aromatic rings. The number of hydrogen-bond donors (Lipinski definition) is 2. The van der Waals surface area contributed by atoms with Crippen molar-refractivity contribution in [3.05, 3.63) is 35.7 Å². The number of nitrogens with zero attached hydrogens (tertiary/aromatic N) is 3. The minimum Gasteiger partial charge on any atom is -0.384 e. The van der Waals surface area contributed by atoms with Crippen molar-refractivity contribution in [2.75, 3.05) is 12.0 Å². The molecule has 104 valence electrons. The quantitative estimate of drug-likeness (QED) is 0.490. The summed E-state index contributed by atoms with van der Waals surface area (Å²) in [4.78, 5) is 23.9. The third-order valence-electron chi connectivity index (χ3n) is 2.40. The Morgan fingerprint density at radius 1 is 1.40 bits per heavy atom. The highest BCUT2D eigenvalue weighted by Crippen LogP contribution is 2.23. The molecule has 0 aliphatic rings. The molecule has 0 spiro atoms. The number of carbonyl (C=O) groups is 1. The van der Waals surface area contributed by atoms with Crippen LogP contribution < -0.4 is 11.5 Å². The van der Waals surface area contributed by atoms with Gasteiger partial charge in [-0.05, 0) is 18.4 Å². The van der Waals surface area contributed by atoms with Crippen molar-refractivity contribution in [1.82, 2.24) is 15.0 Å². The lowest BCUT2D eigenvalue weighted by Crippen LogP contribution is -2.14. The molecule has 0 radical (unpaired) electrons. The number of pyridine rings is 1. The molecule has 0 aliphatic carbocycles. The topological polar surface area (TPSA) is 108 Å². The lowest BCUT2D eigenvalue weighted by atomic mass is 10.2. The first-order valence-electron chi connectivity index (χ1n) is 5.65. The Kier molecular flexibility index (Phi) is 4.80. The SMILES string of the molecule is CSc1cc(N)nc(SCc2ncccc2C(N)=O)n1. The number of amides is 1. The number of rotatable bonds is 5. The van der Waals surface area contributed by atoms with E-state index in [1.54, 1.807) is 24.4 Å². The van der Waals surface area contributed by atoms with Crippen LogP contribution >= 0.6 is 23.5 Å². The van der Waals surface area contributed by atoms with E-state index < -0.39 is 5.91 Å². The van der Waals surface area contributed by atoms with Crippen LogP contribution in [0, 0.1) is 0 Å². The van der Waals surface area contributed by atoms with Gasteiger partial charge in [0.2, 0.25) is 0 Å². The van der Waals surface area contributed by atoms with Gasteiger partial charge in [0.1, 0.15) is 10.8 Å². The first kappa shape index (κ1) is 14.6. The van der Waals surface area contributed by atoms with Gasteiger partial charge >= 0.3 is 0 Å². The van der Waals surface area contributed by atoms with Crippen LogP contribution in [0.2, 0.25) is 0 Å². The molecule has 2 heterocycles. The largest absolute Gasteiger partial charge is 0.384 e. The van der Waals surface area contributed by atoms with E-state index >= 15 is 0 Å². The van der Waals surface area contributed by atoms with Gasteiger partial charge in [-0.1, -0.05) is 11.8 Å². The van der Waals surface area contributed by atoms with E-state index in [1.165, 1.54) is 23.5 Å². The summed E-state index contributed by atoms with van der Waals surface area (Å²) in [7, 11) is 0. The van der Waals surface area contributed by atoms with Crippen LogP contribution in [0.15, 0.2) is 34.6 Å². The molecule has 0 bridgehead atoms. The Morgan fingerprint density at radius 3 is 2.90 bits per heavy atom. The molecular weight excluding hydrogens is 294 g/mol. The fourth-order valence-corrected chi connectivity index (χ4v) is 2.80. The van der Waals surface area contributed by atoms with E-state index in [2.05, 4.69) is 15.0 Å². The number of primary amides is 1. The Bertz CT molecular complexity index is 635. The minimum absolute atomic E-state index is 0.411. The van der Waals surface area contributed by atoms with Crippen molar-refractivity contribution in [3.63, 3.8) is 0 Å². The van der Waals surface area contributed by atoms with Crippen molar-refractivity contribution >= 4 is 35.2 Å². The molecule has 0 aromatic carbocycles. The zero-order valence-electron chi connectivity index (χ0n) is 10.7. The molecule has 2 aromatic heterocycles. The molecule has 8 heteroatoms. The van der Waals surface area contributed by atoms with E-state index in [9.17, 15) is 4.79 Å². The predicted octanol–water partition coefficient (Wildman–Crippen LogP) is 1.57. The second-order valence-corrected chi connectivity index (χ2v) is 5.54. The van der Waals surface area contributed by atoms with Crippen molar-refractivity contribution < 1.29 is 4.79 Å². The molecule has 4 N–H and O–H groups in total. The highest BCUT2D eigenvalue weighted by Gasteiger charge is 2.10. The average Bonchev–Trinajstić information content (AvgIpc) is 2.44. The number of anilines is 1. The average molecular weight is 307 g/mol. The summed E-state index contributed by atoms with van der Waals surface area (Å²) in [5, 5.41) is 1.35. The fourth-order valence-electron chi connectivity index (χ4n) is 1.50. The van der Waals surface area contributed by atoms with Crippen LogP contribution in [0.25, 0.3) is 0 Å². The first-order chi connectivity index (χ1) is 9.60. The monoisotopic (exact) mass is 307 g/mol. The molecule has 6 nitrogen and oxygen atoms in total. The molecule has 0 saturated carbocycles. The van der Waals surface area contributed by atoms with E-state index in [0.717, 1.165) is 5.03 Å². The van der Waals surface area contributed by atoms with Gasteiger partial charge < -0.3 is 11.5 Å². The van der Waals surface area contributed by atoms with Crippen LogP contribution in [0.3, 0.4) is 0 Å². The van der Waals surface area contributed by atoms with Gasteiger partial charge in [-0.25, -0.2) is 9.97 Å². The molecule has 0 saturated heterocycles. The van der Waals surface area contributed by atoms with Gasteiger partial charge in [-0.2, -0.15) is 0 Å². The zero-order valence-corrected chi connectivity index (χ0v) is 12.4. The lowest BCUT2D eigenvalue weighted by molar-refractivity contribution is 0.0999. The second kappa shape index (κ2) is 6.58. The zero-order chi connectivity index (χ0) is 14.5. The summed E-state index contributed by atoms with van der Waals surface area (Å²) in [6.45, 7) is 0. The van der Waals surface area contributed by atoms with Gasteiger partial charge in [-0.3, -0.25) is 9.78 Å². The van der Waals surface area contributed by atoms with Crippen molar-refractivity contribution in [2.45, 2.75) is 15.9 Å². The number of nitrogens with two attached hydrogens (primary N) is 2. The predicted molar refractivity (Wildman–Crippen MR) is 80.5 cm³/mol. The molecule has 2 rings (SSSR count). The molecule has 20 heavy (non-hydrogen) atoms. The molecular formula is C12H13N5OS2. The maximum absolute atomic E-state index is 11.3. The standard InChI is InChI=1S/C12H13N5OS2/c1-19-10-5-9(13)16-12(17-10)20-6-8-7(11(14)18)3-2-4-15-8/h2-5H,6H2,1H3,(H2,14,18)(H2,13,16,17). The van der Waals surface area contributed by atoms with E-state index in [0.29, 0.717) is 28.0 Å². The molecule has 0 atom stereocenters. The number of hydrogen-bond acceptors (Lipinski definition) is 7. The Labute approximate surface area is 124 Å². The van der Waals surface area contributed by atoms with Gasteiger partial charge in [0.05, 0.1) is 11.3 Å². The maximum atomic E-state index is 11.3. The summed E-state index contributed by atoms with van der Waals surface area (Å²) in [5.41, 5.74) is 12.0. The van der Waals surface area contributed by atoms with Crippen LogP contribution in [0.1, 0.15) is 16.1 Å². The van der Waals surface area contributed by atoms with Crippen LogP contribution in [-0.2, 0) is 5.75 Å². The van der Waals surface area contributed by atoms with Crippen molar-refractivity contribution in [1.29, 1.82) is 0 Å². The molecule has 1 amide bonds. The molecule has 0 fully saturated rings. The second-order valence-electron chi connectivity index (χ2n) is 3.77. The van der Waals surface area contributed by atoms with Gasteiger partial charge in [-0.15, -0.1) is 11.8 Å². The van der Waals surface area contributed by atoms with E-state index in [4.69, 9.17) is 11.5 Å². The number of thioether (sulfide) groups is 2. The van der Waals surface area contributed by atoms with Crippen molar-refractivity contribution in [2.24, 2.45) is 5.73 Å². The summed E-state index contributed by atoms with van der Waals surface area (Å²) in [6.07, 6.45) is 3.54. The summed E-state index contributed by atoms with van der Waals surface area (Å²) in [6, 6.07) is 5.04. The molecule has 0 unspecified atom stereocenters. The lowest BCUT2D eigenvalue weighted by Gasteiger charge is -2.06. The highest BCUT2D eigenvalue weighted by molar-refractivity contribution is 7.99. The Balaban J connectivity index is 2.17. The number of aromatic nitrogens is 3. The van der Waals surface area contributed by atoms with E-state index in [-0.39, 0.29) is 0 Å². The third kappa shape index (κ3) is 3.61. The summed E-state index contributed by atoms with van der Waals surface area (Å²) >= 11 is 2.86. The Morgan fingerprint density at radius 2 is 2.20 bits per heavy atom. The summed E-state index contributed by atoms with van der Waals surface area (Å²) < 4.78 is 0. The molecule has 0 aliphatic heterocycles. The third-order valence-corrected chi connectivity index (χ3v) is 3.89. The van der Waals surface area contributed by atoms with Crippen LogP contribution in [0.5, 0.6) is 0 Å². The van der Waals surface area contributed by atoms with Crippen LogP contribution in [-0.4, -0.2) is 27.1 Å². The van der Waals surface area contributed by atoms with Gasteiger partial charge in [0.25, 0.3) is 5.91 Å². The highest BCUT2D eigenvalue weighted by atomic mass is 32.2. The first-order valence-corrected chi connectivity index (χ1v) is 7.86. The summed E-state index contributed by atoms with van der Waals surface area (Å²) in [5.74, 6) is 0.381. The minimum atomic E-state index is -0.494. The Hall–Kier alpha value is -1.80. The number of carbonyl (C=O) groups excluding carboxylic acids is 1. The van der Waals surface area contributed by atoms with Crippen molar-refractivity contribution in [3.8, 4) is 0 Å².